The van der Waals surface area contributed by atoms with E-state index in [0.29, 0.717) is 0 Å². The molecular formula is C28H18. The highest BCUT2D eigenvalue weighted by Crippen LogP contribution is 2.35. The zero-order valence-electron chi connectivity index (χ0n) is 15.4. The number of rotatable bonds is 1. The molecule has 6 rings (SSSR count). The molecule has 6 aromatic carbocycles. The molecule has 0 N–H and O–H groups in total. The van der Waals surface area contributed by atoms with Crippen LogP contribution < -0.4 is 0 Å². The van der Waals surface area contributed by atoms with Crippen LogP contribution in [-0.4, -0.2) is 0 Å². The van der Waals surface area contributed by atoms with Crippen molar-refractivity contribution in [3.63, 3.8) is 0 Å². The largest absolute Gasteiger partial charge is 0.0616 e. The Morgan fingerprint density at radius 3 is 1.71 bits per heavy atom. The summed E-state index contributed by atoms with van der Waals surface area (Å²) in [6.45, 7) is 0. The molecule has 0 aliphatic carbocycles. The van der Waals surface area contributed by atoms with Gasteiger partial charge in [-0.2, -0.15) is 0 Å². The van der Waals surface area contributed by atoms with Gasteiger partial charge < -0.3 is 0 Å². The van der Waals surface area contributed by atoms with Crippen LogP contribution >= 0.6 is 0 Å². The van der Waals surface area contributed by atoms with E-state index in [9.17, 15) is 0 Å². The minimum absolute atomic E-state index is 1.27. The van der Waals surface area contributed by atoms with Gasteiger partial charge in [-0.15, -0.1) is 0 Å². The Kier molecular flexibility index (Phi) is 3.27. The molecule has 6 aromatic rings. The van der Waals surface area contributed by atoms with Crippen LogP contribution in [0.25, 0.3) is 54.2 Å². The summed E-state index contributed by atoms with van der Waals surface area (Å²) < 4.78 is 0. The number of hydrogen-bond acceptors (Lipinski definition) is 0. The fourth-order valence-electron chi connectivity index (χ4n) is 4.47. The topological polar surface area (TPSA) is 0 Å². The van der Waals surface area contributed by atoms with E-state index in [0.717, 1.165) is 0 Å². The molecule has 0 atom stereocenters. The first-order chi connectivity index (χ1) is 13.9. The van der Waals surface area contributed by atoms with Crippen LogP contribution in [0.4, 0.5) is 0 Å². The van der Waals surface area contributed by atoms with Crippen molar-refractivity contribution in [3.05, 3.63) is 109 Å². The molecule has 0 radical (unpaired) electrons. The van der Waals surface area contributed by atoms with Crippen molar-refractivity contribution in [1.82, 2.24) is 0 Å². The van der Waals surface area contributed by atoms with E-state index in [2.05, 4.69) is 109 Å². The summed E-state index contributed by atoms with van der Waals surface area (Å²) in [5, 5.41) is 10.4. The van der Waals surface area contributed by atoms with Gasteiger partial charge in [-0.05, 0) is 60.3 Å². The van der Waals surface area contributed by atoms with Crippen molar-refractivity contribution in [3.8, 4) is 11.1 Å². The van der Waals surface area contributed by atoms with Crippen molar-refractivity contribution >= 4 is 43.1 Å². The number of benzene rings is 6. The first-order valence-corrected chi connectivity index (χ1v) is 9.71. The highest BCUT2D eigenvalue weighted by molar-refractivity contribution is 6.17. The molecule has 0 aliphatic rings. The fraction of sp³-hybridized carbons (Fsp3) is 0. The van der Waals surface area contributed by atoms with E-state index in [-0.39, 0.29) is 0 Å². The zero-order valence-corrected chi connectivity index (χ0v) is 15.4. The second-order valence-corrected chi connectivity index (χ2v) is 7.41. The van der Waals surface area contributed by atoms with Crippen molar-refractivity contribution in [2.45, 2.75) is 0 Å². The highest BCUT2D eigenvalue weighted by Gasteiger charge is 2.08. The molecule has 0 heteroatoms. The Morgan fingerprint density at radius 2 is 0.893 bits per heavy atom. The fourth-order valence-corrected chi connectivity index (χ4v) is 4.47. The molecule has 0 fully saturated rings. The summed E-state index contributed by atoms with van der Waals surface area (Å²) in [6.07, 6.45) is 0. The molecule has 0 saturated heterocycles. The maximum atomic E-state index is 2.33. The van der Waals surface area contributed by atoms with Crippen LogP contribution in [0.3, 0.4) is 0 Å². The lowest BCUT2D eigenvalue weighted by Gasteiger charge is -2.11. The Hall–Kier alpha value is -3.64. The van der Waals surface area contributed by atoms with Gasteiger partial charge in [0.05, 0.1) is 0 Å². The minimum Gasteiger partial charge on any atom is -0.0616 e. The predicted molar refractivity (Wildman–Crippen MR) is 122 cm³/mol. The monoisotopic (exact) mass is 354 g/mol. The van der Waals surface area contributed by atoms with Crippen molar-refractivity contribution in [2.75, 3.05) is 0 Å². The maximum Gasteiger partial charge on any atom is -0.00990 e. The Labute approximate surface area is 163 Å². The lowest BCUT2D eigenvalue weighted by Crippen LogP contribution is -1.84. The second-order valence-electron chi connectivity index (χ2n) is 7.41. The average Bonchev–Trinajstić information content (AvgIpc) is 2.78. The van der Waals surface area contributed by atoms with E-state index in [4.69, 9.17) is 0 Å². The molecule has 0 nitrogen and oxygen atoms in total. The average molecular weight is 354 g/mol. The first-order valence-electron chi connectivity index (χ1n) is 9.71. The molecular weight excluding hydrogens is 336 g/mol. The molecule has 0 spiro atoms. The molecule has 0 heterocycles. The summed E-state index contributed by atoms with van der Waals surface area (Å²) >= 11 is 0. The van der Waals surface area contributed by atoms with Crippen LogP contribution in [0.2, 0.25) is 0 Å². The third kappa shape index (κ3) is 2.25. The van der Waals surface area contributed by atoms with Gasteiger partial charge >= 0.3 is 0 Å². The summed E-state index contributed by atoms with van der Waals surface area (Å²) in [4.78, 5) is 0. The van der Waals surface area contributed by atoms with Crippen LogP contribution in [0, 0.1) is 0 Å². The molecule has 130 valence electrons. The van der Waals surface area contributed by atoms with Gasteiger partial charge in [-0.1, -0.05) is 103 Å². The van der Waals surface area contributed by atoms with Gasteiger partial charge in [0.25, 0.3) is 0 Å². The Bertz CT molecular complexity index is 1500. The van der Waals surface area contributed by atoms with E-state index in [1.165, 1.54) is 54.2 Å². The van der Waals surface area contributed by atoms with E-state index >= 15 is 0 Å². The Balaban J connectivity index is 1.63. The van der Waals surface area contributed by atoms with Crippen LogP contribution in [0.1, 0.15) is 0 Å². The molecule has 0 aromatic heterocycles. The van der Waals surface area contributed by atoms with Gasteiger partial charge in [0.2, 0.25) is 0 Å². The molecule has 0 aliphatic heterocycles. The summed E-state index contributed by atoms with van der Waals surface area (Å²) in [5.41, 5.74) is 2.56. The second kappa shape index (κ2) is 5.94. The highest BCUT2D eigenvalue weighted by atomic mass is 14.1. The van der Waals surface area contributed by atoms with Crippen molar-refractivity contribution < 1.29 is 0 Å². The third-order valence-corrected chi connectivity index (χ3v) is 5.84. The number of hydrogen-bond donors (Lipinski definition) is 0. The lowest BCUT2D eigenvalue weighted by molar-refractivity contribution is 1.69. The van der Waals surface area contributed by atoms with E-state index in [1.807, 2.05) is 0 Å². The molecule has 28 heavy (non-hydrogen) atoms. The van der Waals surface area contributed by atoms with Gasteiger partial charge in [-0.3, -0.25) is 0 Å². The smallest absolute Gasteiger partial charge is 0.00990 e. The van der Waals surface area contributed by atoms with Gasteiger partial charge in [0, 0.05) is 0 Å². The van der Waals surface area contributed by atoms with Crippen molar-refractivity contribution in [2.24, 2.45) is 0 Å². The molecule has 0 unspecified atom stereocenters. The van der Waals surface area contributed by atoms with Crippen molar-refractivity contribution in [1.29, 1.82) is 0 Å². The summed E-state index contributed by atoms with van der Waals surface area (Å²) in [7, 11) is 0. The molecule has 0 amide bonds. The predicted octanol–water partition coefficient (Wildman–Crippen LogP) is 7.97. The number of fused-ring (bicyclic) bond motifs is 6. The van der Waals surface area contributed by atoms with Gasteiger partial charge in [0.15, 0.2) is 0 Å². The SMILES string of the molecule is c1ccc2c(-c3ccc4c(ccc5c6ccccc6ccc45)c3)cccc2c1. The standard InChI is InChI=1S/C28H18/c1-3-9-23-19(6-1)8-5-11-25(23)21-13-15-26-22(18-21)14-17-27-24-10-4-2-7-20(24)12-16-28(26)27/h1-18H. The Morgan fingerprint density at radius 1 is 0.321 bits per heavy atom. The van der Waals surface area contributed by atoms with E-state index < -0.39 is 0 Å². The minimum atomic E-state index is 1.27. The molecule has 0 saturated carbocycles. The molecule has 0 bridgehead atoms. The van der Waals surface area contributed by atoms with Gasteiger partial charge in [0.1, 0.15) is 0 Å². The summed E-state index contributed by atoms with van der Waals surface area (Å²) in [5.74, 6) is 0. The zero-order chi connectivity index (χ0) is 18.5. The quantitative estimate of drug-likeness (QED) is 0.263. The van der Waals surface area contributed by atoms with E-state index in [1.54, 1.807) is 0 Å². The lowest BCUT2D eigenvalue weighted by atomic mass is 9.93. The maximum absolute atomic E-state index is 2.33. The normalized spacial score (nSPS) is 11.6. The summed E-state index contributed by atoms with van der Waals surface area (Å²) in [6, 6.07) is 39.7. The first kappa shape index (κ1) is 15.4. The van der Waals surface area contributed by atoms with Gasteiger partial charge in [-0.25, -0.2) is 0 Å². The third-order valence-electron chi connectivity index (χ3n) is 5.84. The van der Waals surface area contributed by atoms with Crippen LogP contribution in [0.5, 0.6) is 0 Å². The van der Waals surface area contributed by atoms with Crippen LogP contribution in [-0.2, 0) is 0 Å². The van der Waals surface area contributed by atoms with Crippen LogP contribution in [0.15, 0.2) is 109 Å².